The van der Waals surface area contributed by atoms with E-state index in [0.717, 1.165) is 38.8 Å². The van der Waals surface area contributed by atoms with Crippen molar-refractivity contribution in [3.05, 3.63) is 24.2 Å². The first-order valence-electron chi connectivity index (χ1n) is 8.97. The molecule has 3 rings (SSSR count). The third-order valence-electron chi connectivity index (χ3n) is 5.07. The van der Waals surface area contributed by atoms with Gasteiger partial charge < -0.3 is 24.1 Å². The maximum Gasteiger partial charge on any atom is 0.253 e. The quantitative estimate of drug-likeness (QED) is 0.908. The second kappa shape index (κ2) is 8.14. The van der Waals surface area contributed by atoms with Crippen LogP contribution in [-0.4, -0.2) is 66.2 Å². The zero-order valence-electron chi connectivity index (χ0n) is 14.4. The normalized spacial score (nSPS) is 27.7. The number of ether oxygens (including phenoxy) is 1. The molecule has 0 bridgehead atoms. The largest absolute Gasteiger partial charge is 0.467 e. The smallest absolute Gasteiger partial charge is 0.253 e. The molecule has 0 unspecified atom stereocenters. The second-order valence-electron chi connectivity index (χ2n) is 6.92. The lowest BCUT2D eigenvalue weighted by atomic mass is 10.0. The minimum Gasteiger partial charge on any atom is -0.467 e. The predicted molar refractivity (Wildman–Crippen MR) is 89.5 cm³/mol. The van der Waals surface area contributed by atoms with Gasteiger partial charge in [-0.2, -0.15) is 0 Å². The second-order valence-corrected chi connectivity index (χ2v) is 6.92. The summed E-state index contributed by atoms with van der Waals surface area (Å²) in [7, 11) is 2.02. The van der Waals surface area contributed by atoms with Crippen molar-refractivity contribution in [2.75, 3.05) is 33.3 Å². The number of carbonyl (C=O) groups is 1. The highest BCUT2D eigenvalue weighted by atomic mass is 16.5. The van der Waals surface area contributed by atoms with Gasteiger partial charge in [0.2, 0.25) is 0 Å². The van der Waals surface area contributed by atoms with Gasteiger partial charge >= 0.3 is 0 Å². The fourth-order valence-corrected chi connectivity index (χ4v) is 3.68. The Morgan fingerprint density at radius 2 is 2.25 bits per heavy atom. The van der Waals surface area contributed by atoms with E-state index in [4.69, 9.17) is 9.15 Å². The highest BCUT2D eigenvalue weighted by Gasteiger charge is 2.34. The number of amides is 1. The molecule has 1 N–H and O–H groups in total. The number of aliphatic hydroxyl groups is 1. The molecular formula is C18H28N2O4. The molecule has 1 aromatic rings. The van der Waals surface area contributed by atoms with Crippen LogP contribution in [0.25, 0.3) is 0 Å². The van der Waals surface area contributed by atoms with E-state index in [1.54, 1.807) is 18.4 Å². The Bertz CT molecular complexity index is 519. The molecule has 1 amide bonds. The van der Waals surface area contributed by atoms with Crippen LogP contribution in [0.2, 0.25) is 0 Å². The first kappa shape index (κ1) is 17.5. The molecule has 2 fully saturated rings. The Labute approximate surface area is 143 Å². The molecule has 0 radical (unpaired) electrons. The van der Waals surface area contributed by atoms with Crippen LogP contribution in [0, 0.1) is 0 Å². The highest BCUT2D eigenvalue weighted by Crippen LogP contribution is 2.27. The van der Waals surface area contributed by atoms with E-state index in [1.807, 2.05) is 11.9 Å². The molecule has 3 atom stereocenters. The summed E-state index contributed by atoms with van der Waals surface area (Å²) in [5.41, 5.74) is 0. The van der Waals surface area contributed by atoms with E-state index in [1.165, 1.54) is 0 Å². The third-order valence-corrected chi connectivity index (χ3v) is 5.07. The van der Waals surface area contributed by atoms with Gasteiger partial charge in [0.1, 0.15) is 18.0 Å². The summed E-state index contributed by atoms with van der Waals surface area (Å²) < 4.78 is 11.0. The highest BCUT2D eigenvalue weighted by molar-refractivity contribution is 5.81. The summed E-state index contributed by atoms with van der Waals surface area (Å²) in [6.07, 6.45) is 5.18. The van der Waals surface area contributed by atoms with E-state index < -0.39 is 6.10 Å². The summed E-state index contributed by atoms with van der Waals surface area (Å²) >= 11 is 0. The lowest BCUT2D eigenvalue weighted by Gasteiger charge is -2.37. The first-order chi connectivity index (χ1) is 11.6. The molecule has 0 aromatic carbocycles. The van der Waals surface area contributed by atoms with Crippen LogP contribution < -0.4 is 0 Å². The van der Waals surface area contributed by atoms with Gasteiger partial charge in [-0.15, -0.1) is 0 Å². The fraction of sp³-hybridized carbons (Fsp3) is 0.722. The molecule has 1 aromatic heterocycles. The fourth-order valence-electron chi connectivity index (χ4n) is 3.68. The molecule has 2 aliphatic heterocycles. The molecular weight excluding hydrogens is 308 g/mol. The topological polar surface area (TPSA) is 66.2 Å². The minimum atomic E-state index is -0.673. The molecule has 0 saturated carbocycles. The van der Waals surface area contributed by atoms with Crippen LogP contribution in [0.4, 0.5) is 0 Å². The molecule has 2 saturated heterocycles. The lowest BCUT2D eigenvalue weighted by Crippen LogP contribution is -2.52. The number of furan rings is 1. The minimum absolute atomic E-state index is 0.0379. The number of carbonyl (C=O) groups excluding carboxylic acids is 1. The zero-order chi connectivity index (χ0) is 16.9. The number of hydrogen-bond acceptors (Lipinski definition) is 5. The standard InChI is InChI=1S/C18H28N2O4/c1-19-9-11-24-17(13-19)18(22)20-8-4-2-3-6-14(20)12-15(21)16-7-5-10-23-16/h5,7,10,14-15,17,21H,2-4,6,8-9,11-13H2,1H3/t14-,15+,17-/m0/s1. The Kier molecular flexibility index (Phi) is 5.92. The molecule has 24 heavy (non-hydrogen) atoms. The molecule has 134 valence electrons. The van der Waals surface area contributed by atoms with E-state index in [0.29, 0.717) is 25.3 Å². The average Bonchev–Trinajstić information content (AvgIpc) is 3.02. The Morgan fingerprint density at radius 1 is 1.38 bits per heavy atom. The van der Waals surface area contributed by atoms with Gasteiger partial charge in [0, 0.05) is 32.1 Å². The summed E-state index contributed by atoms with van der Waals surface area (Å²) in [6, 6.07) is 3.60. The summed E-state index contributed by atoms with van der Waals surface area (Å²) in [5.74, 6) is 0.639. The van der Waals surface area contributed by atoms with Crippen LogP contribution in [0.1, 0.15) is 44.0 Å². The van der Waals surface area contributed by atoms with Gasteiger partial charge in [0.05, 0.1) is 12.9 Å². The summed E-state index contributed by atoms with van der Waals surface area (Å²) in [4.78, 5) is 17.1. The van der Waals surface area contributed by atoms with E-state index in [9.17, 15) is 9.90 Å². The van der Waals surface area contributed by atoms with Crippen molar-refractivity contribution < 1.29 is 19.1 Å². The van der Waals surface area contributed by atoms with E-state index >= 15 is 0 Å². The molecule has 6 heteroatoms. The number of aliphatic hydroxyl groups excluding tert-OH is 1. The van der Waals surface area contributed by atoms with Gasteiger partial charge in [-0.1, -0.05) is 12.8 Å². The lowest BCUT2D eigenvalue weighted by molar-refractivity contribution is -0.151. The maximum atomic E-state index is 13.0. The maximum absolute atomic E-state index is 13.0. The Morgan fingerprint density at radius 3 is 3.00 bits per heavy atom. The van der Waals surface area contributed by atoms with Gasteiger partial charge in [-0.25, -0.2) is 0 Å². The number of hydrogen-bond donors (Lipinski definition) is 1. The van der Waals surface area contributed by atoms with Crippen LogP contribution >= 0.6 is 0 Å². The SMILES string of the molecule is CN1CCO[C@H](C(=O)N2CCCCC[C@H]2C[C@@H](O)c2ccco2)C1. The van der Waals surface area contributed by atoms with Gasteiger partial charge in [0.25, 0.3) is 5.91 Å². The molecule has 6 nitrogen and oxygen atoms in total. The van der Waals surface area contributed by atoms with Crippen molar-refractivity contribution in [2.45, 2.75) is 50.4 Å². The molecule has 3 heterocycles. The average molecular weight is 336 g/mol. The van der Waals surface area contributed by atoms with Crippen molar-refractivity contribution in [3.8, 4) is 0 Å². The van der Waals surface area contributed by atoms with Crippen molar-refractivity contribution in [3.63, 3.8) is 0 Å². The molecule has 0 aliphatic carbocycles. The Hall–Kier alpha value is -1.37. The van der Waals surface area contributed by atoms with Gasteiger partial charge in [-0.05, 0) is 32.0 Å². The van der Waals surface area contributed by atoms with Crippen molar-refractivity contribution in [2.24, 2.45) is 0 Å². The van der Waals surface area contributed by atoms with Crippen molar-refractivity contribution in [1.29, 1.82) is 0 Å². The predicted octanol–water partition coefficient (Wildman–Crippen LogP) is 1.80. The molecule has 0 spiro atoms. The number of rotatable bonds is 4. The summed E-state index contributed by atoms with van der Waals surface area (Å²) in [6.45, 7) is 2.85. The van der Waals surface area contributed by atoms with E-state index in [2.05, 4.69) is 4.90 Å². The number of nitrogens with zero attached hydrogens (tertiary/aromatic N) is 2. The van der Waals surface area contributed by atoms with Crippen LogP contribution in [0.15, 0.2) is 22.8 Å². The van der Waals surface area contributed by atoms with Crippen molar-refractivity contribution >= 4 is 5.91 Å². The first-order valence-corrected chi connectivity index (χ1v) is 8.97. The number of likely N-dealkylation sites (tertiary alicyclic amines) is 1. The van der Waals surface area contributed by atoms with Gasteiger partial charge in [0.15, 0.2) is 0 Å². The van der Waals surface area contributed by atoms with Gasteiger partial charge in [-0.3, -0.25) is 4.79 Å². The monoisotopic (exact) mass is 336 g/mol. The number of morpholine rings is 1. The zero-order valence-corrected chi connectivity index (χ0v) is 14.4. The third kappa shape index (κ3) is 4.18. The number of likely N-dealkylation sites (N-methyl/N-ethyl adjacent to an activating group) is 1. The van der Waals surface area contributed by atoms with Crippen molar-refractivity contribution in [1.82, 2.24) is 9.80 Å². The van der Waals surface area contributed by atoms with Crippen LogP contribution in [0.5, 0.6) is 0 Å². The molecule has 2 aliphatic rings. The van der Waals surface area contributed by atoms with Crippen LogP contribution in [0.3, 0.4) is 0 Å². The summed E-state index contributed by atoms with van der Waals surface area (Å²) in [5, 5.41) is 10.4. The van der Waals surface area contributed by atoms with E-state index in [-0.39, 0.29) is 18.1 Å². The van der Waals surface area contributed by atoms with Crippen LogP contribution in [-0.2, 0) is 9.53 Å². The Balaban J connectivity index is 1.68.